The minimum absolute atomic E-state index is 0.947. The maximum atomic E-state index is 4.80. The first-order valence-corrected chi connectivity index (χ1v) is 6.87. The minimum Gasteiger partial charge on any atom is -0.292 e. The predicted molar refractivity (Wildman–Crippen MR) is 84.3 cm³/mol. The van der Waals surface area contributed by atoms with E-state index in [0.29, 0.717) is 0 Å². The number of benzene rings is 2. The van der Waals surface area contributed by atoms with Crippen LogP contribution in [0.15, 0.2) is 79.1 Å². The van der Waals surface area contributed by atoms with E-state index in [1.165, 1.54) is 0 Å². The maximum absolute atomic E-state index is 4.80. The number of hydrogen-bond acceptors (Lipinski definition) is 2. The van der Waals surface area contributed by atoms with Crippen LogP contribution in [-0.4, -0.2) is 14.5 Å². The summed E-state index contributed by atoms with van der Waals surface area (Å²) in [5.41, 5.74) is 4.26. The van der Waals surface area contributed by atoms with Crippen LogP contribution < -0.4 is 0 Å². The van der Waals surface area contributed by atoms with Gasteiger partial charge < -0.3 is 0 Å². The highest BCUT2D eigenvalue weighted by Crippen LogP contribution is 2.27. The van der Waals surface area contributed by atoms with E-state index in [4.69, 9.17) is 4.98 Å². The zero-order valence-electron chi connectivity index (χ0n) is 11.3. The second kappa shape index (κ2) is 4.87. The molecule has 0 atom stereocenters. The Morgan fingerprint density at radius 1 is 0.714 bits per heavy atom. The average molecular weight is 271 g/mol. The molecule has 0 saturated heterocycles. The molecule has 3 nitrogen and oxygen atoms in total. The first kappa shape index (κ1) is 11.9. The monoisotopic (exact) mass is 271 g/mol. The Morgan fingerprint density at radius 2 is 1.43 bits per heavy atom. The summed E-state index contributed by atoms with van der Waals surface area (Å²) in [6.07, 6.45) is 3.61. The van der Waals surface area contributed by atoms with Crippen molar-refractivity contribution in [3.05, 3.63) is 79.1 Å². The van der Waals surface area contributed by atoms with Gasteiger partial charge in [0.05, 0.1) is 16.7 Å². The number of hydrogen-bond donors (Lipinski definition) is 0. The Hall–Kier alpha value is -2.94. The van der Waals surface area contributed by atoms with Crippen molar-refractivity contribution in [3.63, 3.8) is 0 Å². The highest BCUT2D eigenvalue weighted by atomic mass is 15.1. The molecule has 0 aliphatic heterocycles. The van der Waals surface area contributed by atoms with Crippen LogP contribution in [0.3, 0.4) is 0 Å². The standard InChI is InChI=1S/C18H13N3/c1-2-6-14(7-3-1)18-20-16-8-4-5-9-17(16)21(18)15-10-12-19-13-11-15/h1-13H. The SMILES string of the molecule is c1ccc(-c2nc3ccccc3n2-c2ccncc2)cc1. The minimum atomic E-state index is 0.947. The van der Waals surface area contributed by atoms with Crippen LogP contribution in [-0.2, 0) is 0 Å². The van der Waals surface area contributed by atoms with Crippen LogP contribution in [0, 0.1) is 0 Å². The van der Waals surface area contributed by atoms with Crippen molar-refractivity contribution >= 4 is 11.0 Å². The van der Waals surface area contributed by atoms with E-state index < -0.39 is 0 Å². The van der Waals surface area contributed by atoms with Crippen molar-refractivity contribution in [1.82, 2.24) is 14.5 Å². The van der Waals surface area contributed by atoms with E-state index in [1.54, 1.807) is 12.4 Å². The van der Waals surface area contributed by atoms with E-state index >= 15 is 0 Å². The van der Waals surface area contributed by atoms with E-state index in [9.17, 15) is 0 Å². The number of pyridine rings is 1. The normalized spacial score (nSPS) is 10.9. The van der Waals surface area contributed by atoms with Crippen molar-refractivity contribution in [2.24, 2.45) is 0 Å². The van der Waals surface area contributed by atoms with Crippen LogP contribution in [0.4, 0.5) is 0 Å². The van der Waals surface area contributed by atoms with Gasteiger partial charge in [0.2, 0.25) is 0 Å². The number of rotatable bonds is 2. The summed E-state index contributed by atoms with van der Waals surface area (Å²) >= 11 is 0. The summed E-state index contributed by atoms with van der Waals surface area (Å²) in [6.45, 7) is 0. The molecule has 4 aromatic rings. The zero-order valence-corrected chi connectivity index (χ0v) is 11.3. The molecule has 0 N–H and O–H groups in total. The molecule has 21 heavy (non-hydrogen) atoms. The maximum Gasteiger partial charge on any atom is 0.145 e. The van der Waals surface area contributed by atoms with Crippen molar-refractivity contribution in [3.8, 4) is 17.1 Å². The molecule has 0 bridgehead atoms. The van der Waals surface area contributed by atoms with E-state index in [0.717, 1.165) is 28.1 Å². The first-order valence-electron chi connectivity index (χ1n) is 6.87. The molecule has 0 spiro atoms. The second-order valence-corrected chi connectivity index (χ2v) is 4.83. The van der Waals surface area contributed by atoms with Gasteiger partial charge in [0.25, 0.3) is 0 Å². The highest BCUT2D eigenvalue weighted by Gasteiger charge is 2.13. The molecule has 0 aliphatic rings. The van der Waals surface area contributed by atoms with Gasteiger partial charge in [-0.05, 0) is 24.3 Å². The molecule has 3 heteroatoms. The summed E-state index contributed by atoms with van der Waals surface area (Å²) < 4.78 is 2.17. The third-order valence-electron chi connectivity index (χ3n) is 3.51. The van der Waals surface area contributed by atoms with Crippen LogP contribution in [0.1, 0.15) is 0 Å². The van der Waals surface area contributed by atoms with Gasteiger partial charge >= 0.3 is 0 Å². The lowest BCUT2D eigenvalue weighted by Gasteiger charge is -2.08. The quantitative estimate of drug-likeness (QED) is 0.550. The summed E-state index contributed by atoms with van der Waals surface area (Å²) in [5.74, 6) is 0.947. The lowest BCUT2D eigenvalue weighted by atomic mass is 10.2. The van der Waals surface area contributed by atoms with Crippen LogP contribution in [0.2, 0.25) is 0 Å². The van der Waals surface area contributed by atoms with Gasteiger partial charge in [-0.3, -0.25) is 9.55 Å². The van der Waals surface area contributed by atoms with Crippen molar-refractivity contribution in [2.45, 2.75) is 0 Å². The lowest BCUT2D eigenvalue weighted by Crippen LogP contribution is -1.97. The Bertz CT molecular complexity index is 880. The molecule has 2 aromatic heterocycles. The van der Waals surface area contributed by atoms with Crippen LogP contribution >= 0.6 is 0 Å². The topological polar surface area (TPSA) is 30.7 Å². The van der Waals surface area contributed by atoms with Gasteiger partial charge in [-0.15, -0.1) is 0 Å². The fourth-order valence-electron chi connectivity index (χ4n) is 2.56. The van der Waals surface area contributed by atoms with Gasteiger partial charge in [-0.1, -0.05) is 42.5 Å². The highest BCUT2D eigenvalue weighted by molar-refractivity contribution is 5.83. The second-order valence-electron chi connectivity index (χ2n) is 4.83. The first-order chi connectivity index (χ1) is 10.4. The fraction of sp³-hybridized carbons (Fsp3) is 0. The van der Waals surface area contributed by atoms with Crippen molar-refractivity contribution < 1.29 is 0 Å². The molecule has 0 aliphatic carbocycles. The average Bonchev–Trinajstić information content (AvgIpc) is 2.96. The van der Waals surface area contributed by atoms with E-state index in [-0.39, 0.29) is 0 Å². The third-order valence-corrected chi connectivity index (χ3v) is 3.51. The molecule has 4 rings (SSSR count). The summed E-state index contributed by atoms with van der Waals surface area (Å²) in [5, 5.41) is 0. The van der Waals surface area contributed by atoms with E-state index in [1.807, 2.05) is 48.5 Å². The molecule has 2 heterocycles. The predicted octanol–water partition coefficient (Wildman–Crippen LogP) is 4.09. The molecule has 2 aromatic carbocycles. The Kier molecular flexibility index (Phi) is 2.75. The number of para-hydroxylation sites is 2. The van der Waals surface area contributed by atoms with Gasteiger partial charge in [-0.2, -0.15) is 0 Å². The molecule has 0 amide bonds. The molecule has 100 valence electrons. The summed E-state index contributed by atoms with van der Waals surface area (Å²) in [6, 6.07) is 22.4. The molecule has 0 saturated carbocycles. The number of nitrogens with zero attached hydrogens (tertiary/aromatic N) is 3. The van der Waals surface area contributed by atoms with Gasteiger partial charge in [-0.25, -0.2) is 4.98 Å². The smallest absolute Gasteiger partial charge is 0.145 e. The van der Waals surface area contributed by atoms with Crippen LogP contribution in [0.25, 0.3) is 28.1 Å². The molecule has 0 fully saturated rings. The van der Waals surface area contributed by atoms with Gasteiger partial charge in [0.1, 0.15) is 5.82 Å². The number of imidazole rings is 1. The molecular weight excluding hydrogens is 258 g/mol. The van der Waals surface area contributed by atoms with Crippen LogP contribution in [0.5, 0.6) is 0 Å². The van der Waals surface area contributed by atoms with Gasteiger partial charge in [0.15, 0.2) is 0 Å². The van der Waals surface area contributed by atoms with Gasteiger partial charge in [0, 0.05) is 18.0 Å². The Labute approximate surface area is 122 Å². The molecule has 0 unspecified atom stereocenters. The number of fused-ring (bicyclic) bond motifs is 1. The fourth-order valence-corrected chi connectivity index (χ4v) is 2.56. The third kappa shape index (κ3) is 1.99. The Morgan fingerprint density at radius 3 is 2.24 bits per heavy atom. The largest absolute Gasteiger partial charge is 0.292 e. The summed E-state index contributed by atoms with van der Waals surface area (Å²) in [4.78, 5) is 8.91. The zero-order chi connectivity index (χ0) is 14.1. The lowest BCUT2D eigenvalue weighted by molar-refractivity contribution is 1.09. The Balaban J connectivity index is 2.07. The van der Waals surface area contributed by atoms with Crippen molar-refractivity contribution in [2.75, 3.05) is 0 Å². The van der Waals surface area contributed by atoms with E-state index in [2.05, 4.69) is 27.8 Å². The molecular formula is C18H13N3. The molecule has 0 radical (unpaired) electrons. The number of aromatic nitrogens is 3. The van der Waals surface area contributed by atoms with Crippen molar-refractivity contribution in [1.29, 1.82) is 0 Å². The summed E-state index contributed by atoms with van der Waals surface area (Å²) in [7, 11) is 0.